The third-order valence-electron chi connectivity index (χ3n) is 1.71. The summed E-state index contributed by atoms with van der Waals surface area (Å²) in [5.41, 5.74) is 0. The van der Waals surface area contributed by atoms with Gasteiger partial charge in [0.05, 0.1) is 13.2 Å². The highest BCUT2D eigenvalue weighted by Crippen LogP contribution is 1.94. The van der Waals surface area contributed by atoms with Gasteiger partial charge in [-0.15, -0.1) is 7.05 Å². The molecule has 0 aromatic carbocycles. The van der Waals surface area contributed by atoms with Crippen LogP contribution in [-0.4, -0.2) is 43.7 Å². The topological polar surface area (TPSA) is 46.2 Å². The van der Waals surface area contributed by atoms with E-state index < -0.39 is 0 Å². The summed E-state index contributed by atoms with van der Waals surface area (Å²) in [4.78, 5) is 13.0. The molecule has 0 aromatic rings. The fourth-order valence-corrected chi connectivity index (χ4v) is 1.04. The van der Waals surface area contributed by atoms with Crippen LogP contribution in [-0.2, 0) is 9.53 Å². The van der Waals surface area contributed by atoms with Crippen LogP contribution in [0, 0.1) is 7.05 Å². The molecule has 1 heterocycles. The first kappa shape index (κ1) is 8.64. The number of hydrogen-bond donors (Lipinski definition) is 1. The number of nitrogens with two attached hydrogens (primary N) is 1. The standard InChI is InChI=1S/C7H14N2O2/c1-8-7(10)6-9-2-4-11-5-3-9/h1-6,8H2. The molecule has 0 unspecified atom stereocenters. The molecular weight excluding hydrogens is 144 g/mol. The second kappa shape index (κ2) is 4.43. The van der Waals surface area contributed by atoms with Gasteiger partial charge in [0, 0.05) is 13.1 Å². The molecule has 2 N–H and O–H groups in total. The summed E-state index contributed by atoms with van der Waals surface area (Å²) in [6.45, 7) is 3.70. The Morgan fingerprint density at radius 2 is 2.18 bits per heavy atom. The van der Waals surface area contributed by atoms with Gasteiger partial charge in [-0.25, -0.2) is 4.79 Å². The summed E-state index contributed by atoms with van der Waals surface area (Å²) in [7, 11) is 3.42. The molecule has 0 aromatic heterocycles. The number of nitrogens with zero attached hydrogens (tertiary/aromatic N) is 1. The lowest BCUT2D eigenvalue weighted by atomic mass is 10.4. The zero-order chi connectivity index (χ0) is 8.10. The van der Waals surface area contributed by atoms with Crippen molar-refractivity contribution in [3.8, 4) is 0 Å². The second-order valence-corrected chi connectivity index (χ2v) is 2.56. The molecule has 4 heteroatoms. The van der Waals surface area contributed by atoms with Gasteiger partial charge in [0.1, 0.15) is 6.54 Å². The lowest BCUT2D eigenvalue weighted by molar-refractivity contribution is -0.507. The summed E-state index contributed by atoms with van der Waals surface area (Å²) in [5, 5.41) is 1.37. The number of carbonyl (C=O) groups excluding carboxylic acids is 1. The van der Waals surface area contributed by atoms with Crippen LogP contribution in [0.4, 0.5) is 0 Å². The van der Waals surface area contributed by atoms with Crippen molar-refractivity contribution in [2.24, 2.45) is 0 Å². The summed E-state index contributed by atoms with van der Waals surface area (Å²) in [6, 6.07) is 0. The van der Waals surface area contributed by atoms with Crippen LogP contribution in [0.15, 0.2) is 0 Å². The van der Waals surface area contributed by atoms with Gasteiger partial charge in [-0.05, 0) is 0 Å². The number of hydrogen-bond acceptors (Lipinski definition) is 3. The van der Waals surface area contributed by atoms with E-state index in [0.29, 0.717) is 6.54 Å². The molecule has 0 bridgehead atoms. The van der Waals surface area contributed by atoms with Gasteiger partial charge in [-0.3, -0.25) is 4.90 Å². The van der Waals surface area contributed by atoms with Crippen molar-refractivity contribution in [2.75, 3.05) is 32.8 Å². The molecule has 1 fully saturated rings. The zero-order valence-corrected chi connectivity index (χ0v) is 6.58. The summed E-state index contributed by atoms with van der Waals surface area (Å²) in [5.74, 6) is 0.0897. The van der Waals surface area contributed by atoms with E-state index in [9.17, 15) is 4.79 Å². The Kier molecular flexibility index (Phi) is 3.48. The summed E-state index contributed by atoms with van der Waals surface area (Å²) in [6.07, 6.45) is 0. The highest BCUT2D eigenvalue weighted by Gasteiger charge is 2.13. The smallest absolute Gasteiger partial charge is 0.298 e. The first-order chi connectivity index (χ1) is 5.33. The second-order valence-electron chi connectivity index (χ2n) is 2.56. The third-order valence-corrected chi connectivity index (χ3v) is 1.71. The molecular formula is C7H14N2O2. The van der Waals surface area contributed by atoms with Crippen molar-refractivity contribution in [1.29, 1.82) is 0 Å². The molecule has 0 saturated carbocycles. The number of morpholine rings is 1. The number of amides is 1. The predicted molar refractivity (Wildman–Crippen MR) is 39.5 cm³/mol. The molecule has 1 amide bonds. The number of quaternary nitrogens is 1. The van der Waals surface area contributed by atoms with E-state index in [1.165, 1.54) is 5.32 Å². The molecule has 0 atom stereocenters. The lowest BCUT2D eigenvalue weighted by Gasteiger charge is -2.24. The number of primary amides is 1. The lowest BCUT2D eigenvalue weighted by Crippen LogP contribution is -2.83. The molecule has 0 radical (unpaired) electrons. The first-order valence-corrected chi connectivity index (χ1v) is 3.78. The molecule has 1 aliphatic rings. The Balaban J connectivity index is 2.19. The molecule has 64 valence electrons. The maximum atomic E-state index is 10.9. The fourth-order valence-electron chi connectivity index (χ4n) is 1.04. The molecule has 0 aliphatic carbocycles. The van der Waals surface area contributed by atoms with Gasteiger partial charge in [0.2, 0.25) is 0 Å². The monoisotopic (exact) mass is 158 g/mol. The highest BCUT2D eigenvalue weighted by molar-refractivity contribution is 5.67. The zero-order valence-electron chi connectivity index (χ0n) is 6.58. The van der Waals surface area contributed by atoms with Gasteiger partial charge >= 0.3 is 0 Å². The Hall–Kier alpha value is -0.450. The molecule has 1 saturated heterocycles. The Labute approximate surface area is 66.5 Å². The molecule has 4 nitrogen and oxygen atoms in total. The van der Waals surface area contributed by atoms with Gasteiger partial charge in [-0.1, -0.05) is 0 Å². The molecule has 1 rings (SSSR count). The van der Waals surface area contributed by atoms with Crippen LogP contribution in [0.2, 0.25) is 0 Å². The number of ether oxygens (including phenoxy) is 1. The van der Waals surface area contributed by atoms with E-state index in [-0.39, 0.29) is 5.91 Å². The normalized spacial score (nSPS) is 20.1. The van der Waals surface area contributed by atoms with E-state index in [0.717, 1.165) is 26.3 Å². The molecule has 1 aliphatic heterocycles. The van der Waals surface area contributed by atoms with E-state index in [2.05, 4.69) is 11.9 Å². The van der Waals surface area contributed by atoms with Gasteiger partial charge in [-0.2, -0.15) is 0 Å². The van der Waals surface area contributed by atoms with Gasteiger partial charge < -0.3 is 10.1 Å². The van der Waals surface area contributed by atoms with Gasteiger partial charge in [0.25, 0.3) is 5.91 Å². The van der Waals surface area contributed by atoms with Crippen LogP contribution < -0.4 is 5.32 Å². The van der Waals surface area contributed by atoms with Crippen molar-refractivity contribution in [1.82, 2.24) is 4.90 Å². The minimum absolute atomic E-state index is 0.0897. The van der Waals surface area contributed by atoms with E-state index >= 15 is 0 Å². The highest BCUT2D eigenvalue weighted by atomic mass is 16.5. The minimum atomic E-state index is 0.0897. The van der Waals surface area contributed by atoms with Crippen LogP contribution >= 0.6 is 0 Å². The van der Waals surface area contributed by atoms with Crippen molar-refractivity contribution >= 4 is 5.91 Å². The van der Waals surface area contributed by atoms with Crippen LogP contribution in [0.5, 0.6) is 0 Å². The molecule has 11 heavy (non-hydrogen) atoms. The van der Waals surface area contributed by atoms with Crippen molar-refractivity contribution < 1.29 is 14.8 Å². The Bertz CT molecular complexity index is 132. The average molecular weight is 158 g/mol. The maximum absolute atomic E-state index is 10.9. The number of carbonyl (C=O) groups is 1. The average Bonchev–Trinajstić information content (AvgIpc) is 2.06. The Morgan fingerprint density at radius 1 is 1.55 bits per heavy atom. The molecule has 0 spiro atoms. The predicted octanol–water partition coefficient (Wildman–Crippen LogP) is -1.80. The first-order valence-electron chi connectivity index (χ1n) is 3.78. The van der Waals surface area contributed by atoms with E-state index in [4.69, 9.17) is 4.74 Å². The number of rotatable bonds is 2. The van der Waals surface area contributed by atoms with Gasteiger partial charge in [0.15, 0.2) is 0 Å². The summed E-state index contributed by atoms with van der Waals surface area (Å²) >= 11 is 0. The van der Waals surface area contributed by atoms with Crippen LogP contribution in [0.1, 0.15) is 0 Å². The third kappa shape index (κ3) is 2.96. The summed E-state index contributed by atoms with van der Waals surface area (Å²) < 4.78 is 5.14. The quantitative estimate of drug-likeness (QED) is 0.482. The SMILES string of the molecule is [CH2-][NH2+]C(=O)CN1CCOCC1. The van der Waals surface area contributed by atoms with Crippen molar-refractivity contribution in [2.45, 2.75) is 0 Å². The van der Waals surface area contributed by atoms with Crippen molar-refractivity contribution in [3.05, 3.63) is 7.05 Å². The van der Waals surface area contributed by atoms with E-state index in [1.807, 2.05) is 0 Å². The van der Waals surface area contributed by atoms with Crippen LogP contribution in [0.25, 0.3) is 0 Å². The van der Waals surface area contributed by atoms with Crippen molar-refractivity contribution in [3.63, 3.8) is 0 Å². The largest absolute Gasteiger partial charge is 0.414 e. The fraction of sp³-hybridized carbons (Fsp3) is 0.714. The van der Waals surface area contributed by atoms with Crippen LogP contribution in [0.3, 0.4) is 0 Å². The van der Waals surface area contributed by atoms with E-state index in [1.54, 1.807) is 0 Å². The Morgan fingerprint density at radius 3 is 2.73 bits per heavy atom. The minimum Gasteiger partial charge on any atom is -0.414 e. The maximum Gasteiger partial charge on any atom is 0.298 e.